The zero-order chi connectivity index (χ0) is 13.5. The summed E-state index contributed by atoms with van der Waals surface area (Å²) in [5.41, 5.74) is 5.92. The molecular weight excluding hydrogens is 254 g/mol. The second-order valence-electron chi connectivity index (χ2n) is 4.24. The molecule has 102 valence electrons. The number of esters is 1. The van der Waals surface area contributed by atoms with Gasteiger partial charge >= 0.3 is 5.97 Å². The van der Waals surface area contributed by atoms with Crippen molar-refractivity contribution in [1.82, 2.24) is 10.2 Å². The van der Waals surface area contributed by atoms with Gasteiger partial charge in [-0.05, 0) is 19.3 Å². The van der Waals surface area contributed by atoms with Crippen LogP contribution in [0, 0.1) is 5.92 Å². The molecule has 1 rings (SSSR count). The molecule has 6 nitrogen and oxygen atoms in total. The number of rotatable bonds is 7. The van der Waals surface area contributed by atoms with E-state index in [2.05, 4.69) is 24.0 Å². The Hall–Kier alpha value is -1.08. The van der Waals surface area contributed by atoms with Crippen molar-refractivity contribution in [2.75, 3.05) is 12.4 Å². The molecule has 18 heavy (non-hydrogen) atoms. The number of thioether (sulfide) groups is 1. The molecule has 0 saturated heterocycles. The van der Waals surface area contributed by atoms with Crippen molar-refractivity contribution in [3.63, 3.8) is 0 Å². The van der Waals surface area contributed by atoms with Crippen LogP contribution in [0.25, 0.3) is 0 Å². The highest BCUT2D eigenvalue weighted by Gasteiger charge is 2.16. The number of aromatic nitrogens is 2. The van der Waals surface area contributed by atoms with Crippen LogP contribution >= 0.6 is 11.8 Å². The zero-order valence-corrected chi connectivity index (χ0v) is 11.7. The average Bonchev–Trinajstić information content (AvgIpc) is 2.74. The fourth-order valence-corrected chi connectivity index (χ4v) is 1.93. The molecule has 0 bridgehead atoms. The molecular formula is C11H19N3O3S. The van der Waals surface area contributed by atoms with Crippen molar-refractivity contribution in [2.24, 2.45) is 11.7 Å². The van der Waals surface area contributed by atoms with E-state index in [1.165, 1.54) is 0 Å². The molecule has 1 aromatic heterocycles. The lowest BCUT2D eigenvalue weighted by molar-refractivity contribution is -0.139. The van der Waals surface area contributed by atoms with Gasteiger partial charge in [-0.15, -0.1) is 10.2 Å². The van der Waals surface area contributed by atoms with Crippen molar-refractivity contribution in [2.45, 2.75) is 38.5 Å². The molecule has 0 amide bonds. The van der Waals surface area contributed by atoms with Crippen LogP contribution in [0.15, 0.2) is 9.64 Å². The molecule has 7 heteroatoms. The summed E-state index contributed by atoms with van der Waals surface area (Å²) in [5, 5.41) is 8.06. The first-order valence-corrected chi connectivity index (χ1v) is 6.88. The minimum atomic E-state index is -0.297. The maximum atomic E-state index is 11.1. The van der Waals surface area contributed by atoms with E-state index in [0.29, 0.717) is 23.6 Å². The molecule has 0 unspecified atom stereocenters. The Kier molecular flexibility index (Phi) is 6.14. The standard InChI is InChI=1S/C11H19N3O3S/c1-4-16-9(15)6-18-11-14-13-10(17-11)8(12)5-7(2)3/h7-8H,4-6,12H2,1-3H3/t8-/m0/s1. The summed E-state index contributed by atoms with van der Waals surface area (Å²) in [4.78, 5) is 11.1. The van der Waals surface area contributed by atoms with E-state index in [-0.39, 0.29) is 17.8 Å². The lowest BCUT2D eigenvalue weighted by atomic mass is 10.1. The summed E-state index contributed by atoms with van der Waals surface area (Å²) in [5.74, 6) is 0.737. The molecule has 2 N–H and O–H groups in total. The Morgan fingerprint density at radius 1 is 1.50 bits per heavy atom. The number of carbonyl (C=O) groups excluding carboxylic acids is 1. The van der Waals surface area contributed by atoms with E-state index in [1.807, 2.05) is 0 Å². The van der Waals surface area contributed by atoms with Gasteiger partial charge in [0.05, 0.1) is 12.6 Å². The summed E-state index contributed by atoms with van der Waals surface area (Å²) in [7, 11) is 0. The zero-order valence-electron chi connectivity index (χ0n) is 10.9. The van der Waals surface area contributed by atoms with Gasteiger partial charge in [0.25, 0.3) is 5.22 Å². The minimum Gasteiger partial charge on any atom is -0.465 e. The lowest BCUT2D eigenvalue weighted by Gasteiger charge is -2.08. The highest BCUT2D eigenvalue weighted by atomic mass is 32.2. The molecule has 1 heterocycles. The summed E-state index contributed by atoms with van der Waals surface area (Å²) in [6, 6.07) is -0.255. The SMILES string of the molecule is CCOC(=O)CSc1nnc([C@@H](N)CC(C)C)o1. The topological polar surface area (TPSA) is 91.2 Å². The quantitative estimate of drug-likeness (QED) is 0.598. The van der Waals surface area contributed by atoms with Crippen LogP contribution in [0.3, 0.4) is 0 Å². The van der Waals surface area contributed by atoms with Gasteiger partial charge in [0.2, 0.25) is 5.89 Å². The smallest absolute Gasteiger partial charge is 0.316 e. The summed E-state index contributed by atoms with van der Waals surface area (Å²) in [6.45, 7) is 6.28. The van der Waals surface area contributed by atoms with Crippen LogP contribution in [-0.2, 0) is 9.53 Å². The van der Waals surface area contributed by atoms with Gasteiger partial charge in [-0.3, -0.25) is 4.79 Å². The van der Waals surface area contributed by atoms with Gasteiger partial charge in [0, 0.05) is 0 Å². The van der Waals surface area contributed by atoms with Crippen LogP contribution in [0.2, 0.25) is 0 Å². The highest BCUT2D eigenvalue weighted by molar-refractivity contribution is 7.99. The van der Waals surface area contributed by atoms with Gasteiger partial charge in [-0.25, -0.2) is 0 Å². The lowest BCUT2D eigenvalue weighted by Crippen LogP contribution is -2.13. The van der Waals surface area contributed by atoms with Crippen molar-refractivity contribution >= 4 is 17.7 Å². The maximum Gasteiger partial charge on any atom is 0.316 e. The summed E-state index contributed by atoms with van der Waals surface area (Å²) >= 11 is 1.16. The van der Waals surface area contributed by atoms with Crippen LogP contribution in [0.5, 0.6) is 0 Å². The molecule has 0 fully saturated rings. The fourth-order valence-electron chi connectivity index (χ4n) is 1.36. The first-order chi connectivity index (χ1) is 8.52. The van der Waals surface area contributed by atoms with E-state index >= 15 is 0 Å². The third-order valence-corrected chi connectivity index (χ3v) is 2.88. The molecule has 0 aromatic carbocycles. The van der Waals surface area contributed by atoms with E-state index in [4.69, 9.17) is 14.9 Å². The molecule has 0 saturated carbocycles. The van der Waals surface area contributed by atoms with E-state index in [0.717, 1.165) is 18.2 Å². The third kappa shape index (κ3) is 5.05. The first kappa shape index (κ1) is 15.0. The summed E-state index contributed by atoms with van der Waals surface area (Å²) in [6.07, 6.45) is 0.782. The second-order valence-corrected chi connectivity index (χ2v) is 5.16. The monoisotopic (exact) mass is 273 g/mol. The fraction of sp³-hybridized carbons (Fsp3) is 0.727. The molecule has 0 radical (unpaired) electrons. The van der Waals surface area contributed by atoms with Crippen LogP contribution < -0.4 is 5.73 Å². The molecule has 0 spiro atoms. The highest BCUT2D eigenvalue weighted by Crippen LogP contribution is 2.22. The Morgan fingerprint density at radius 2 is 2.22 bits per heavy atom. The average molecular weight is 273 g/mol. The van der Waals surface area contributed by atoms with E-state index in [1.54, 1.807) is 6.92 Å². The van der Waals surface area contributed by atoms with Gasteiger partial charge < -0.3 is 14.9 Å². The largest absolute Gasteiger partial charge is 0.465 e. The number of nitrogens with zero attached hydrogens (tertiary/aromatic N) is 2. The van der Waals surface area contributed by atoms with Crippen molar-refractivity contribution in [3.8, 4) is 0 Å². The Labute approximate surface area is 111 Å². The van der Waals surface area contributed by atoms with Gasteiger partial charge in [0.1, 0.15) is 5.75 Å². The Balaban J connectivity index is 2.45. The van der Waals surface area contributed by atoms with Crippen LogP contribution in [0.1, 0.15) is 39.1 Å². The predicted octanol–water partition coefficient (Wildman–Crippen LogP) is 1.77. The molecule has 0 aliphatic carbocycles. The Morgan fingerprint density at radius 3 is 2.83 bits per heavy atom. The molecule has 0 aliphatic heterocycles. The first-order valence-electron chi connectivity index (χ1n) is 5.90. The molecule has 0 aliphatic rings. The van der Waals surface area contributed by atoms with Crippen molar-refractivity contribution in [3.05, 3.63) is 5.89 Å². The van der Waals surface area contributed by atoms with Crippen molar-refractivity contribution in [1.29, 1.82) is 0 Å². The van der Waals surface area contributed by atoms with Crippen LogP contribution in [-0.4, -0.2) is 28.5 Å². The number of carbonyl (C=O) groups is 1. The maximum absolute atomic E-state index is 11.1. The predicted molar refractivity (Wildman–Crippen MR) is 68.0 cm³/mol. The summed E-state index contributed by atoms with van der Waals surface area (Å²) < 4.78 is 10.2. The van der Waals surface area contributed by atoms with Crippen molar-refractivity contribution < 1.29 is 13.9 Å². The number of hydrogen-bond donors (Lipinski definition) is 1. The van der Waals surface area contributed by atoms with E-state index in [9.17, 15) is 4.79 Å². The number of ether oxygens (including phenoxy) is 1. The normalized spacial score (nSPS) is 12.7. The van der Waals surface area contributed by atoms with Gasteiger partial charge in [0.15, 0.2) is 0 Å². The number of nitrogens with two attached hydrogens (primary N) is 1. The van der Waals surface area contributed by atoms with Crippen LogP contribution in [0.4, 0.5) is 0 Å². The Bertz CT molecular complexity index is 381. The second kappa shape index (κ2) is 7.38. The third-order valence-electron chi connectivity index (χ3n) is 2.08. The number of hydrogen-bond acceptors (Lipinski definition) is 7. The molecule has 1 atom stereocenters. The van der Waals surface area contributed by atoms with E-state index < -0.39 is 0 Å². The van der Waals surface area contributed by atoms with Gasteiger partial charge in [-0.2, -0.15) is 0 Å². The van der Waals surface area contributed by atoms with Gasteiger partial charge in [-0.1, -0.05) is 25.6 Å². The minimum absolute atomic E-state index is 0.162. The molecule has 1 aromatic rings.